The zero-order chi connectivity index (χ0) is 21.7. The number of hydrogen-bond acceptors (Lipinski definition) is 4. The monoisotopic (exact) mass is 410 g/mol. The van der Waals surface area contributed by atoms with Gasteiger partial charge in [0.25, 0.3) is 0 Å². The van der Waals surface area contributed by atoms with Crippen molar-refractivity contribution in [2.24, 2.45) is 5.92 Å². The Morgan fingerprint density at radius 2 is 2.07 bits per heavy atom. The Hall–Kier alpha value is -2.39. The Labute approximate surface area is 180 Å². The third kappa shape index (κ3) is 5.02. The summed E-state index contributed by atoms with van der Waals surface area (Å²) in [5, 5.41) is 12.2. The molecule has 1 N–H and O–H groups in total. The van der Waals surface area contributed by atoms with E-state index in [0.29, 0.717) is 18.9 Å². The number of carbonyl (C=O) groups is 2. The summed E-state index contributed by atoms with van der Waals surface area (Å²) in [5.41, 5.74) is 2.93. The van der Waals surface area contributed by atoms with Gasteiger partial charge in [0.05, 0.1) is 23.5 Å². The van der Waals surface area contributed by atoms with Gasteiger partial charge in [-0.2, -0.15) is 5.26 Å². The zero-order valence-electron chi connectivity index (χ0n) is 18.5. The fourth-order valence-corrected chi connectivity index (χ4v) is 4.44. The summed E-state index contributed by atoms with van der Waals surface area (Å²) < 4.78 is 0. The quantitative estimate of drug-likeness (QED) is 0.625. The lowest BCUT2D eigenvalue weighted by Gasteiger charge is -2.41. The van der Waals surface area contributed by atoms with Crippen LogP contribution in [-0.2, 0) is 9.59 Å². The minimum Gasteiger partial charge on any atom is -0.316 e. The maximum absolute atomic E-state index is 13.0. The number of carbonyl (C=O) groups excluding carboxylic acids is 2. The van der Waals surface area contributed by atoms with Gasteiger partial charge in [0.15, 0.2) is 0 Å². The van der Waals surface area contributed by atoms with Crippen LogP contribution in [0.2, 0.25) is 0 Å². The van der Waals surface area contributed by atoms with Gasteiger partial charge in [0.2, 0.25) is 11.8 Å². The molecule has 0 saturated heterocycles. The van der Waals surface area contributed by atoms with Crippen molar-refractivity contribution in [3.63, 3.8) is 0 Å². The normalized spacial score (nSPS) is 19.2. The number of amides is 2. The Morgan fingerprint density at radius 3 is 2.70 bits per heavy atom. The molecule has 1 aliphatic carbocycles. The average Bonchev–Trinajstić information content (AvgIpc) is 3.56. The van der Waals surface area contributed by atoms with Gasteiger partial charge in [-0.25, -0.2) is 0 Å². The number of nitrogens with one attached hydrogen (secondary N) is 1. The first kappa shape index (κ1) is 22.3. The molecular weight excluding hydrogens is 376 g/mol. The van der Waals surface area contributed by atoms with Gasteiger partial charge in [0, 0.05) is 32.4 Å². The topological polar surface area (TPSA) is 76.4 Å². The molecule has 1 aliphatic heterocycles. The number of hydrogen-bond donors (Lipinski definition) is 1. The van der Waals surface area contributed by atoms with E-state index in [1.54, 1.807) is 6.92 Å². The molecule has 1 saturated carbocycles. The number of nitriles is 1. The summed E-state index contributed by atoms with van der Waals surface area (Å²) >= 11 is 0. The number of unbranched alkanes of at least 4 members (excludes halogenated alkanes) is 1. The van der Waals surface area contributed by atoms with E-state index in [1.165, 1.54) is 5.56 Å². The van der Waals surface area contributed by atoms with E-state index >= 15 is 0 Å². The molecule has 2 aliphatic rings. The number of fused-ring (bicyclic) bond motifs is 1. The molecule has 6 heteroatoms. The highest BCUT2D eigenvalue weighted by molar-refractivity contribution is 6.05. The van der Waals surface area contributed by atoms with Crippen molar-refractivity contribution >= 4 is 23.2 Å². The predicted molar refractivity (Wildman–Crippen MR) is 120 cm³/mol. The van der Waals surface area contributed by atoms with Crippen molar-refractivity contribution in [1.29, 1.82) is 5.26 Å². The lowest BCUT2D eigenvalue weighted by atomic mass is 9.92. The highest BCUT2D eigenvalue weighted by atomic mass is 16.2. The molecule has 1 heterocycles. The van der Waals surface area contributed by atoms with Gasteiger partial charge < -0.3 is 15.1 Å². The Bertz CT molecular complexity index is 812. The van der Waals surface area contributed by atoms with Crippen LogP contribution in [0.1, 0.15) is 70.8 Å². The average molecular weight is 411 g/mol. The fraction of sp³-hybridized carbons (Fsp3) is 0.625. The van der Waals surface area contributed by atoms with Crippen molar-refractivity contribution in [3.8, 4) is 6.07 Å². The molecule has 0 spiro atoms. The Balaban J connectivity index is 1.88. The molecule has 0 aromatic heterocycles. The molecule has 2 atom stereocenters. The molecule has 6 nitrogen and oxygen atoms in total. The molecule has 3 rings (SSSR count). The molecule has 1 aromatic carbocycles. The minimum absolute atomic E-state index is 0.0132. The third-order valence-electron chi connectivity index (χ3n) is 6.11. The summed E-state index contributed by atoms with van der Waals surface area (Å²) in [6, 6.07) is 8.42. The first-order valence-electron chi connectivity index (χ1n) is 11.3. The second-order valence-corrected chi connectivity index (χ2v) is 8.66. The van der Waals surface area contributed by atoms with E-state index in [-0.39, 0.29) is 23.8 Å². The van der Waals surface area contributed by atoms with Gasteiger partial charge in [-0.05, 0) is 62.8 Å². The van der Waals surface area contributed by atoms with E-state index in [9.17, 15) is 9.59 Å². The smallest absolute Gasteiger partial charge is 0.230 e. The summed E-state index contributed by atoms with van der Waals surface area (Å²) in [5.74, 6) is 0.695. The third-order valence-corrected chi connectivity index (χ3v) is 6.11. The van der Waals surface area contributed by atoms with Crippen LogP contribution in [-0.4, -0.2) is 37.5 Å². The molecule has 1 fully saturated rings. The SMILES string of the molecule is CCCC(CNCCCC#N)c1ccc2c(c1)N(C(=O)C1CC1)C[C@H](C)N2C(C)=O. The van der Waals surface area contributed by atoms with Crippen LogP contribution in [0.5, 0.6) is 0 Å². The Morgan fingerprint density at radius 1 is 1.30 bits per heavy atom. The van der Waals surface area contributed by atoms with Crippen LogP contribution in [0, 0.1) is 17.2 Å². The number of anilines is 2. The highest BCUT2D eigenvalue weighted by Crippen LogP contribution is 2.41. The van der Waals surface area contributed by atoms with Crippen LogP contribution in [0.4, 0.5) is 11.4 Å². The Kier molecular flexibility index (Phi) is 7.49. The van der Waals surface area contributed by atoms with E-state index < -0.39 is 0 Å². The van der Waals surface area contributed by atoms with Crippen molar-refractivity contribution < 1.29 is 9.59 Å². The van der Waals surface area contributed by atoms with Gasteiger partial charge in [-0.15, -0.1) is 0 Å². The molecule has 162 valence electrons. The van der Waals surface area contributed by atoms with Crippen LogP contribution in [0.15, 0.2) is 18.2 Å². The molecule has 2 amide bonds. The van der Waals surface area contributed by atoms with Gasteiger partial charge in [-0.3, -0.25) is 9.59 Å². The summed E-state index contributed by atoms with van der Waals surface area (Å²) in [6.45, 7) is 8.02. The largest absolute Gasteiger partial charge is 0.316 e. The lowest BCUT2D eigenvalue weighted by Crippen LogP contribution is -2.51. The summed E-state index contributed by atoms with van der Waals surface area (Å²) in [7, 11) is 0. The van der Waals surface area contributed by atoms with E-state index in [2.05, 4.69) is 30.4 Å². The fourth-order valence-electron chi connectivity index (χ4n) is 4.44. The minimum atomic E-state index is -0.0308. The summed E-state index contributed by atoms with van der Waals surface area (Å²) in [6.07, 6.45) is 5.49. The second-order valence-electron chi connectivity index (χ2n) is 8.66. The predicted octanol–water partition coefficient (Wildman–Crippen LogP) is 3.96. The first-order valence-corrected chi connectivity index (χ1v) is 11.3. The van der Waals surface area contributed by atoms with Gasteiger partial charge in [0.1, 0.15) is 0 Å². The van der Waals surface area contributed by atoms with Crippen molar-refractivity contribution in [2.75, 3.05) is 29.4 Å². The standard InChI is InChI=1S/C24H34N4O2/c1-4-7-21(15-26-13-6-5-12-25)20-10-11-22-23(14-20)27(24(30)19-8-9-19)16-17(2)28(22)18(3)29/h10-11,14,17,19,21,26H,4-9,13,15-16H2,1-3H3/t17-,21?/m0/s1. The molecule has 30 heavy (non-hydrogen) atoms. The maximum atomic E-state index is 13.0. The van der Waals surface area contributed by atoms with Crippen LogP contribution in [0.3, 0.4) is 0 Å². The van der Waals surface area contributed by atoms with E-state index in [0.717, 1.165) is 56.6 Å². The molecule has 1 aromatic rings. The van der Waals surface area contributed by atoms with E-state index in [4.69, 9.17) is 5.26 Å². The first-order chi connectivity index (χ1) is 14.5. The van der Waals surface area contributed by atoms with Gasteiger partial charge >= 0.3 is 0 Å². The number of nitrogens with zero attached hydrogens (tertiary/aromatic N) is 3. The molecular formula is C24H34N4O2. The number of rotatable bonds is 9. The van der Waals surface area contributed by atoms with Crippen LogP contribution >= 0.6 is 0 Å². The maximum Gasteiger partial charge on any atom is 0.230 e. The number of benzene rings is 1. The van der Waals surface area contributed by atoms with Crippen molar-refractivity contribution in [1.82, 2.24) is 5.32 Å². The lowest BCUT2D eigenvalue weighted by molar-refractivity contribution is -0.120. The second kappa shape index (κ2) is 10.1. The molecule has 1 unspecified atom stereocenters. The van der Waals surface area contributed by atoms with Crippen LogP contribution < -0.4 is 15.1 Å². The molecule has 0 radical (unpaired) electrons. The summed E-state index contributed by atoms with van der Waals surface area (Å²) in [4.78, 5) is 29.1. The van der Waals surface area contributed by atoms with E-state index in [1.807, 2.05) is 22.8 Å². The van der Waals surface area contributed by atoms with Crippen molar-refractivity contribution in [3.05, 3.63) is 23.8 Å². The van der Waals surface area contributed by atoms with Gasteiger partial charge in [-0.1, -0.05) is 19.4 Å². The van der Waals surface area contributed by atoms with Crippen LogP contribution in [0.25, 0.3) is 0 Å². The highest BCUT2D eigenvalue weighted by Gasteiger charge is 2.39. The van der Waals surface area contributed by atoms with Crippen molar-refractivity contribution in [2.45, 2.75) is 71.3 Å². The molecule has 0 bridgehead atoms. The zero-order valence-corrected chi connectivity index (χ0v) is 18.5.